The highest BCUT2D eigenvalue weighted by molar-refractivity contribution is 5.85. The van der Waals surface area contributed by atoms with Crippen LogP contribution in [0.15, 0.2) is 0 Å². The second-order valence-corrected chi connectivity index (χ2v) is 3.45. The lowest BCUT2D eigenvalue weighted by Crippen LogP contribution is -2.47. The Morgan fingerprint density at radius 1 is 1.38 bits per heavy atom. The van der Waals surface area contributed by atoms with Crippen molar-refractivity contribution in [2.75, 3.05) is 33.3 Å². The quantitative estimate of drug-likeness (QED) is 0.709. The minimum absolute atomic E-state index is 0. The van der Waals surface area contributed by atoms with E-state index in [1.54, 1.807) is 0 Å². The molecule has 0 unspecified atom stereocenters. The number of piperazine rings is 1. The zero-order valence-corrected chi connectivity index (χ0v) is 9.50. The Bertz CT molecular complexity index is 134. The van der Waals surface area contributed by atoms with Crippen molar-refractivity contribution in [3.8, 4) is 0 Å². The first-order valence-corrected chi connectivity index (χ1v) is 4.37. The number of hydrogen-bond donors (Lipinski definition) is 1. The Morgan fingerprint density at radius 2 is 2.15 bits per heavy atom. The monoisotopic (exact) mass is 228 g/mol. The molecule has 3 nitrogen and oxygen atoms in total. The van der Waals surface area contributed by atoms with Gasteiger partial charge in [0.1, 0.15) is 0 Å². The number of methoxy groups -OCH3 is 1. The van der Waals surface area contributed by atoms with Gasteiger partial charge in [0.05, 0.1) is 6.10 Å². The third kappa shape index (κ3) is 2.96. The fraction of sp³-hybridized carbons (Fsp3) is 1.00. The highest BCUT2D eigenvalue weighted by atomic mass is 35.5. The fourth-order valence-corrected chi connectivity index (χ4v) is 2.09. The highest BCUT2D eigenvalue weighted by Gasteiger charge is 2.33. The lowest BCUT2D eigenvalue weighted by Gasteiger charge is -2.29. The zero-order valence-electron chi connectivity index (χ0n) is 7.86. The molecule has 2 atom stereocenters. The van der Waals surface area contributed by atoms with Gasteiger partial charge in [-0.15, -0.1) is 24.8 Å². The van der Waals surface area contributed by atoms with Gasteiger partial charge in [-0.3, -0.25) is 4.90 Å². The van der Waals surface area contributed by atoms with E-state index in [1.807, 2.05) is 7.11 Å². The molecule has 2 fully saturated rings. The predicted octanol–water partition coefficient (Wildman–Crippen LogP) is 0.522. The molecule has 5 heteroatoms. The van der Waals surface area contributed by atoms with E-state index in [-0.39, 0.29) is 24.8 Å². The molecule has 0 spiro atoms. The molecule has 0 saturated carbocycles. The molecular formula is C8H18Cl2N2O. The second kappa shape index (κ2) is 6.04. The molecule has 80 valence electrons. The highest BCUT2D eigenvalue weighted by Crippen LogP contribution is 2.20. The van der Waals surface area contributed by atoms with Gasteiger partial charge in [-0.2, -0.15) is 0 Å². The van der Waals surface area contributed by atoms with Crippen LogP contribution in [0, 0.1) is 0 Å². The van der Waals surface area contributed by atoms with Crippen molar-refractivity contribution in [2.24, 2.45) is 0 Å². The Morgan fingerprint density at radius 3 is 2.77 bits per heavy atom. The van der Waals surface area contributed by atoms with E-state index in [0.29, 0.717) is 6.10 Å². The maximum atomic E-state index is 5.33. The summed E-state index contributed by atoms with van der Waals surface area (Å²) in [5.41, 5.74) is 0. The third-order valence-corrected chi connectivity index (χ3v) is 2.78. The number of rotatable bonds is 1. The van der Waals surface area contributed by atoms with E-state index < -0.39 is 0 Å². The summed E-state index contributed by atoms with van der Waals surface area (Å²) in [6.07, 6.45) is 1.70. The molecule has 2 aliphatic rings. The molecule has 0 aliphatic carbocycles. The van der Waals surface area contributed by atoms with Gasteiger partial charge in [0.15, 0.2) is 0 Å². The van der Waals surface area contributed by atoms with Crippen LogP contribution in [0.2, 0.25) is 0 Å². The summed E-state index contributed by atoms with van der Waals surface area (Å²) in [4.78, 5) is 2.53. The standard InChI is InChI=1S/C8H16N2O.2ClH/c1-11-8-4-7-5-9-2-3-10(7)6-8;;/h7-9H,2-6H2,1H3;2*1H/t7-,8-;;/m0../s1. The minimum Gasteiger partial charge on any atom is -0.380 e. The third-order valence-electron chi connectivity index (χ3n) is 2.78. The van der Waals surface area contributed by atoms with Gasteiger partial charge in [0.25, 0.3) is 0 Å². The van der Waals surface area contributed by atoms with Gasteiger partial charge >= 0.3 is 0 Å². The number of halogens is 2. The van der Waals surface area contributed by atoms with Crippen molar-refractivity contribution in [1.82, 2.24) is 10.2 Å². The SMILES string of the molecule is CO[C@H]1C[C@H]2CNCCN2C1.Cl.Cl. The largest absolute Gasteiger partial charge is 0.380 e. The summed E-state index contributed by atoms with van der Waals surface area (Å²) < 4.78 is 5.33. The Balaban J connectivity index is 0.000000720. The van der Waals surface area contributed by atoms with Gasteiger partial charge in [-0.1, -0.05) is 0 Å². The molecule has 2 saturated heterocycles. The number of hydrogen-bond acceptors (Lipinski definition) is 3. The number of nitrogens with one attached hydrogen (secondary N) is 1. The van der Waals surface area contributed by atoms with Gasteiger partial charge in [0, 0.05) is 39.3 Å². The molecule has 0 aromatic rings. The van der Waals surface area contributed by atoms with Crippen LogP contribution in [0.3, 0.4) is 0 Å². The zero-order chi connectivity index (χ0) is 7.68. The van der Waals surface area contributed by atoms with E-state index >= 15 is 0 Å². The molecule has 0 radical (unpaired) electrons. The lowest BCUT2D eigenvalue weighted by atomic mass is 10.2. The fourth-order valence-electron chi connectivity index (χ4n) is 2.09. The molecule has 13 heavy (non-hydrogen) atoms. The summed E-state index contributed by atoms with van der Waals surface area (Å²) in [6, 6.07) is 0.744. The van der Waals surface area contributed by atoms with E-state index in [4.69, 9.17) is 4.74 Å². The smallest absolute Gasteiger partial charge is 0.0713 e. The Hall–Kier alpha value is 0.460. The first-order valence-electron chi connectivity index (χ1n) is 4.37. The summed E-state index contributed by atoms with van der Waals surface area (Å²) in [6.45, 7) is 4.64. The first-order chi connectivity index (χ1) is 5.40. The summed E-state index contributed by atoms with van der Waals surface area (Å²) in [5.74, 6) is 0. The number of ether oxygens (including phenoxy) is 1. The lowest BCUT2D eigenvalue weighted by molar-refractivity contribution is 0.108. The molecule has 0 aromatic carbocycles. The molecule has 2 heterocycles. The summed E-state index contributed by atoms with van der Waals surface area (Å²) in [5, 5.41) is 3.40. The van der Waals surface area contributed by atoms with Crippen molar-refractivity contribution in [3.63, 3.8) is 0 Å². The molecule has 1 N–H and O–H groups in total. The van der Waals surface area contributed by atoms with E-state index in [9.17, 15) is 0 Å². The summed E-state index contributed by atoms with van der Waals surface area (Å²) >= 11 is 0. The van der Waals surface area contributed by atoms with Crippen LogP contribution in [0.25, 0.3) is 0 Å². The van der Waals surface area contributed by atoms with Crippen LogP contribution in [-0.4, -0.2) is 50.3 Å². The summed E-state index contributed by atoms with van der Waals surface area (Å²) in [7, 11) is 1.82. The molecule has 2 rings (SSSR count). The van der Waals surface area contributed by atoms with E-state index in [2.05, 4.69) is 10.2 Å². The van der Waals surface area contributed by atoms with Crippen molar-refractivity contribution >= 4 is 24.8 Å². The maximum Gasteiger partial charge on any atom is 0.0713 e. The van der Waals surface area contributed by atoms with Crippen LogP contribution in [0.1, 0.15) is 6.42 Å². The molecule has 0 amide bonds. The van der Waals surface area contributed by atoms with Crippen molar-refractivity contribution in [1.29, 1.82) is 0 Å². The van der Waals surface area contributed by atoms with Crippen molar-refractivity contribution in [2.45, 2.75) is 18.6 Å². The van der Waals surface area contributed by atoms with Crippen LogP contribution >= 0.6 is 24.8 Å². The normalized spacial score (nSPS) is 33.0. The average Bonchev–Trinajstić information content (AvgIpc) is 2.46. The van der Waals surface area contributed by atoms with Crippen LogP contribution in [0.4, 0.5) is 0 Å². The van der Waals surface area contributed by atoms with Gasteiger partial charge < -0.3 is 10.1 Å². The molecule has 2 aliphatic heterocycles. The van der Waals surface area contributed by atoms with E-state index in [0.717, 1.165) is 25.7 Å². The van der Waals surface area contributed by atoms with Crippen LogP contribution in [0.5, 0.6) is 0 Å². The second-order valence-electron chi connectivity index (χ2n) is 3.45. The van der Waals surface area contributed by atoms with Gasteiger partial charge in [-0.05, 0) is 6.42 Å². The van der Waals surface area contributed by atoms with Crippen molar-refractivity contribution < 1.29 is 4.74 Å². The molecule has 0 aromatic heterocycles. The van der Waals surface area contributed by atoms with Crippen LogP contribution in [-0.2, 0) is 4.74 Å². The first kappa shape index (κ1) is 13.5. The number of fused-ring (bicyclic) bond motifs is 1. The van der Waals surface area contributed by atoms with Gasteiger partial charge in [-0.25, -0.2) is 0 Å². The minimum atomic E-state index is 0. The Kier molecular flexibility index (Phi) is 6.25. The Labute approximate surface area is 92.0 Å². The maximum absolute atomic E-state index is 5.33. The topological polar surface area (TPSA) is 24.5 Å². The molecular weight excluding hydrogens is 211 g/mol. The average molecular weight is 229 g/mol. The van der Waals surface area contributed by atoms with Crippen molar-refractivity contribution in [3.05, 3.63) is 0 Å². The van der Waals surface area contributed by atoms with E-state index in [1.165, 1.54) is 13.0 Å². The van der Waals surface area contributed by atoms with Gasteiger partial charge in [0.2, 0.25) is 0 Å². The van der Waals surface area contributed by atoms with Crippen LogP contribution < -0.4 is 5.32 Å². The number of nitrogens with zero attached hydrogens (tertiary/aromatic N) is 1. The predicted molar refractivity (Wildman–Crippen MR) is 58.1 cm³/mol. The molecule has 0 bridgehead atoms.